The number of nitrogens with zero attached hydrogens (tertiary/aromatic N) is 3. The van der Waals surface area contributed by atoms with E-state index in [1.807, 2.05) is 65.9 Å². The van der Waals surface area contributed by atoms with Gasteiger partial charge in [0.2, 0.25) is 0 Å². The second-order valence-electron chi connectivity index (χ2n) is 12.4. The van der Waals surface area contributed by atoms with Crippen molar-refractivity contribution < 1.29 is 4.42 Å². The van der Waals surface area contributed by atoms with E-state index in [1.165, 1.54) is 31.3 Å². The highest BCUT2D eigenvalue weighted by atomic mass is 32.1. The Labute approximate surface area is 292 Å². The number of thiophene rings is 1. The monoisotopic (exact) mass is 657 g/mol. The van der Waals surface area contributed by atoms with Gasteiger partial charge in [-0.1, -0.05) is 133 Å². The van der Waals surface area contributed by atoms with Crippen LogP contribution in [0.5, 0.6) is 0 Å². The van der Waals surface area contributed by atoms with Gasteiger partial charge in [-0.3, -0.25) is 0 Å². The normalized spacial score (nSPS) is 11.6. The maximum atomic E-state index is 6.19. The molecule has 0 bridgehead atoms. The van der Waals surface area contributed by atoms with E-state index in [1.54, 1.807) is 0 Å². The van der Waals surface area contributed by atoms with Crippen LogP contribution in [-0.2, 0) is 0 Å². The lowest BCUT2D eigenvalue weighted by molar-refractivity contribution is 0.669. The molecule has 0 spiro atoms. The van der Waals surface area contributed by atoms with E-state index in [2.05, 4.69) is 109 Å². The Kier molecular flexibility index (Phi) is 6.64. The molecule has 0 saturated heterocycles. The first-order valence-electron chi connectivity index (χ1n) is 16.6. The summed E-state index contributed by atoms with van der Waals surface area (Å²) in [7, 11) is 0. The molecule has 50 heavy (non-hydrogen) atoms. The molecule has 0 aliphatic rings. The largest absolute Gasteiger partial charge is 0.456 e. The summed E-state index contributed by atoms with van der Waals surface area (Å²) in [6.07, 6.45) is 0. The highest BCUT2D eigenvalue weighted by Gasteiger charge is 2.15. The average molecular weight is 658 g/mol. The second-order valence-corrected chi connectivity index (χ2v) is 13.5. The van der Waals surface area contributed by atoms with Gasteiger partial charge >= 0.3 is 0 Å². The van der Waals surface area contributed by atoms with Crippen LogP contribution in [-0.4, -0.2) is 15.0 Å². The van der Waals surface area contributed by atoms with Crippen LogP contribution in [0.1, 0.15) is 0 Å². The van der Waals surface area contributed by atoms with Crippen molar-refractivity contribution in [2.45, 2.75) is 0 Å². The average Bonchev–Trinajstić information content (AvgIpc) is 3.76. The minimum absolute atomic E-state index is 0.601. The first-order chi connectivity index (χ1) is 24.7. The van der Waals surface area contributed by atoms with Crippen LogP contribution >= 0.6 is 11.3 Å². The van der Waals surface area contributed by atoms with Gasteiger partial charge < -0.3 is 4.42 Å². The molecule has 5 heteroatoms. The summed E-state index contributed by atoms with van der Waals surface area (Å²) < 4.78 is 8.83. The van der Waals surface area contributed by atoms with Crippen molar-refractivity contribution in [1.29, 1.82) is 0 Å². The molecule has 0 N–H and O–H groups in total. The number of aromatic nitrogens is 3. The van der Waals surface area contributed by atoms with Crippen molar-refractivity contribution in [2.75, 3.05) is 0 Å². The third-order valence-electron chi connectivity index (χ3n) is 9.38. The van der Waals surface area contributed by atoms with Gasteiger partial charge in [0.05, 0.1) is 0 Å². The Morgan fingerprint density at radius 2 is 0.900 bits per heavy atom. The lowest BCUT2D eigenvalue weighted by atomic mass is 9.96. The molecule has 7 aromatic carbocycles. The molecule has 3 aromatic heterocycles. The predicted octanol–water partition coefficient (Wildman–Crippen LogP) is 12.5. The maximum Gasteiger partial charge on any atom is 0.164 e. The van der Waals surface area contributed by atoms with E-state index in [9.17, 15) is 0 Å². The smallest absolute Gasteiger partial charge is 0.164 e. The molecule has 0 unspecified atom stereocenters. The molecular weight excluding hydrogens is 631 g/mol. The van der Waals surface area contributed by atoms with Crippen molar-refractivity contribution in [3.63, 3.8) is 0 Å². The number of fused-ring (bicyclic) bond motifs is 6. The number of rotatable bonds is 5. The standard InChI is InChI=1S/C45H27N3OS/c1-2-9-31(10-3-1)43-46-44(48-45(47-43)33-25-26-36-35-11-4-6-14-38(35)49-39(36)27-33)32-23-19-29(20-24-32)28-17-21-30(22-18-28)34-13-8-16-41-42(34)37-12-5-7-15-40(37)50-41/h1-27H. The lowest BCUT2D eigenvalue weighted by Gasteiger charge is -2.10. The van der Waals surface area contributed by atoms with Crippen molar-refractivity contribution in [3.05, 3.63) is 164 Å². The van der Waals surface area contributed by atoms with Crippen LogP contribution in [0.15, 0.2) is 168 Å². The fraction of sp³-hybridized carbons (Fsp3) is 0. The van der Waals surface area contributed by atoms with Crippen LogP contribution in [0.4, 0.5) is 0 Å². The van der Waals surface area contributed by atoms with E-state index in [0.29, 0.717) is 17.5 Å². The molecule has 3 heterocycles. The fourth-order valence-corrected chi connectivity index (χ4v) is 8.02. The first kappa shape index (κ1) is 28.6. The Balaban J connectivity index is 1.01. The number of hydrogen-bond donors (Lipinski definition) is 0. The highest BCUT2D eigenvalue weighted by Crippen LogP contribution is 2.40. The predicted molar refractivity (Wildman–Crippen MR) is 207 cm³/mol. The third-order valence-corrected chi connectivity index (χ3v) is 10.5. The topological polar surface area (TPSA) is 51.8 Å². The number of para-hydroxylation sites is 1. The van der Waals surface area contributed by atoms with E-state index in [0.717, 1.165) is 49.8 Å². The molecule has 4 nitrogen and oxygen atoms in total. The summed E-state index contributed by atoms with van der Waals surface area (Å²) in [5.74, 6) is 1.85. The van der Waals surface area contributed by atoms with E-state index in [4.69, 9.17) is 19.4 Å². The van der Waals surface area contributed by atoms with Crippen LogP contribution in [0, 0.1) is 0 Å². The number of benzene rings is 7. The molecule has 234 valence electrons. The van der Waals surface area contributed by atoms with Crippen LogP contribution < -0.4 is 0 Å². The molecule has 0 aliphatic carbocycles. The lowest BCUT2D eigenvalue weighted by Crippen LogP contribution is -2.00. The minimum Gasteiger partial charge on any atom is -0.456 e. The Hall–Kier alpha value is -6.43. The summed E-state index contributed by atoms with van der Waals surface area (Å²) in [6, 6.07) is 57.0. The molecule has 0 amide bonds. The van der Waals surface area contributed by atoms with Crippen molar-refractivity contribution in [2.24, 2.45) is 0 Å². The van der Waals surface area contributed by atoms with E-state index < -0.39 is 0 Å². The number of furan rings is 1. The van der Waals surface area contributed by atoms with Gasteiger partial charge in [-0.25, -0.2) is 15.0 Å². The first-order valence-corrected chi connectivity index (χ1v) is 17.4. The van der Waals surface area contributed by atoms with E-state index >= 15 is 0 Å². The SMILES string of the molecule is c1ccc(-c2nc(-c3ccc(-c4ccc(-c5cccc6sc7ccccc7c56)cc4)cc3)nc(-c3ccc4c(c3)oc3ccccc34)n2)cc1. The van der Waals surface area contributed by atoms with Gasteiger partial charge in [-0.15, -0.1) is 11.3 Å². The van der Waals surface area contributed by atoms with Gasteiger partial charge in [-0.2, -0.15) is 0 Å². The Bertz CT molecular complexity index is 2850. The highest BCUT2D eigenvalue weighted by molar-refractivity contribution is 7.25. The summed E-state index contributed by atoms with van der Waals surface area (Å²) >= 11 is 1.85. The molecule has 0 atom stereocenters. The Morgan fingerprint density at radius 1 is 0.360 bits per heavy atom. The summed E-state index contributed by atoms with van der Waals surface area (Å²) in [4.78, 5) is 14.9. The quantitative estimate of drug-likeness (QED) is 0.185. The second kappa shape index (κ2) is 11.6. The summed E-state index contributed by atoms with van der Waals surface area (Å²) in [5.41, 5.74) is 9.17. The molecule has 10 rings (SSSR count). The zero-order valence-corrected chi connectivity index (χ0v) is 27.6. The summed E-state index contributed by atoms with van der Waals surface area (Å²) in [6.45, 7) is 0. The Morgan fingerprint density at radius 3 is 1.66 bits per heavy atom. The molecule has 0 aliphatic heterocycles. The zero-order chi connectivity index (χ0) is 33.0. The molecule has 0 saturated carbocycles. The van der Waals surface area contributed by atoms with Gasteiger partial charge in [0.1, 0.15) is 11.2 Å². The zero-order valence-electron chi connectivity index (χ0n) is 26.7. The van der Waals surface area contributed by atoms with Crippen molar-refractivity contribution in [1.82, 2.24) is 15.0 Å². The van der Waals surface area contributed by atoms with Gasteiger partial charge in [-0.05, 0) is 52.6 Å². The van der Waals surface area contributed by atoms with Gasteiger partial charge in [0.15, 0.2) is 17.5 Å². The van der Waals surface area contributed by atoms with E-state index in [-0.39, 0.29) is 0 Å². The van der Waals surface area contributed by atoms with Gasteiger partial charge in [0.25, 0.3) is 0 Å². The van der Waals surface area contributed by atoms with Crippen LogP contribution in [0.3, 0.4) is 0 Å². The summed E-state index contributed by atoms with van der Waals surface area (Å²) in [5, 5.41) is 4.81. The van der Waals surface area contributed by atoms with Crippen molar-refractivity contribution >= 4 is 53.4 Å². The minimum atomic E-state index is 0.601. The van der Waals surface area contributed by atoms with Crippen LogP contribution in [0.25, 0.3) is 98.5 Å². The van der Waals surface area contributed by atoms with Gasteiger partial charge in [0, 0.05) is 47.6 Å². The molecule has 0 fully saturated rings. The molecule has 0 radical (unpaired) electrons. The maximum absolute atomic E-state index is 6.19. The molecule has 10 aromatic rings. The van der Waals surface area contributed by atoms with Crippen LogP contribution in [0.2, 0.25) is 0 Å². The molecular formula is C45H27N3OS. The van der Waals surface area contributed by atoms with Crippen molar-refractivity contribution in [3.8, 4) is 56.4 Å². The fourth-order valence-electron chi connectivity index (χ4n) is 6.88. The third kappa shape index (κ3) is 4.87. The number of hydrogen-bond acceptors (Lipinski definition) is 5.